The van der Waals surface area contributed by atoms with Crippen molar-refractivity contribution < 1.29 is 19.1 Å². The van der Waals surface area contributed by atoms with Crippen molar-refractivity contribution >= 4 is 17.9 Å². The molecule has 3 N–H and O–H groups in total. The second-order valence-corrected chi connectivity index (χ2v) is 5.02. The Balaban J connectivity index is 1.76. The number of hydrogen-bond donors (Lipinski definition) is 2. The van der Waals surface area contributed by atoms with Crippen LogP contribution < -0.4 is 11.1 Å². The number of benzene rings is 1. The maximum absolute atomic E-state index is 11.6. The van der Waals surface area contributed by atoms with E-state index in [0.717, 1.165) is 5.56 Å². The Morgan fingerprint density at radius 1 is 1.27 bits per heavy atom. The van der Waals surface area contributed by atoms with Gasteiger partial charge in [0.05, 0.1) is 13.3 Å². The van der Waals surface area contributed by atoms with Crippen LogP contribution in [0.25, 0.3) is 0 Å². The number of ether oxygens (including phenoxy) is 2. The number of nitrogens with two attached hydrogens (primary N) is 1. The van der Waals surface area contributed by atoms with E-state index in [1.807, 2.05) is 30.3 Å². The summed E-state index contributed by atoms with van der Waals surface area (Å²) in [6.07, 6.45) is 1.21. The van der Waals surface area contributed by atoms with E-state index in [-0.39, 0.29) is 23.8 Å². The maximum atomic E-state index is 11.6. The van der Waals surface area contributed by atoms with Crippen LogP contribution in [-0.2, 0) is 16.1 Å². The summed E-state index contributed by atoms with van der Waals surface area (Å²) in [5, 5.41) is 2.59. The lowest BCUT2D eigenvalue weighted by Crippen LogP contribution is -2.24. The maximum Gasteiger partial charge on any atom is 0.407 e. The zero-order valence-electron chi connectivity index (χ0n) is 14.2. The lowest BCUT2D eigenvalue weighted by molar-refractivity contribution is 0.0594. The molecule has 0 saturated heterocycles. The third-order valence-electron chi connectivity index (χ3n) is 3.13. The van der Waals surface area contributed by atoms with Gasteiger partial charge in [-0.05, 0) is 11.5 Å². The number of hydrogen-bond acceptors (Lipinski definition) is 7. The van der Waals surface area contributed by atoms with E-state index < -0.39 is 12.1 Å². The number of carbonyl (C=O) groups excluding carboxylic acids is 2. The van der Waals surface area contributed by atoms with E-state index in [9.17, 15) is 9.59 Å². The van der Waals surface area contributed by atoms with Crippen LogP contribution in [-0.4, -0.2) is 35.7 Å². The van der Waals surface area contributed by atoms with Gasteiger partial charge in [0.2, 0.25) is 0 Å². The molecule has 1 aromatic heterocycles. The van der Waals surface area contributed by atoms with Gasteiger partial charge in [0.25, 0.3) is 0 Å². The van der Waals surface area contributed by atoms with Gasteiger partial charge in [-0.2, -0.15) is 0 Å². The Morgan fingerprint density at radius 3 is 2.77 bits per heavy atom. The van der Waals surface area contributed by atoms with Crippen LogP contribution in [0.1, 0.15) is 28.2 Å². The first-order valence-corrected chi connectivity index (χ1v) is 7.74. The number of nitrogens with zero attached hydrogens (tertiary/aromatic N) is 2. The molecule has 0 aliphatic rings. The molecule has 1 amide bonds. The molecule has 8 heteroatoms. The number of amides is 1. The number of esters is 1. The standard InChI is InChI=1S/C18H18N4O4/c1-25-17(23)15-16(19)21-11-14(22-15)9-5-6-10-20-18(24)26-12-13-7-3-2-4-8-13/h2-4,7-8,11H,6,10,12H2,1H3,(H2,19,21)(H,20,24). The molecule has 0 spiro atoms. The summed E-state index contributed by atoms with van der Waals surface area (Å²) in [7, 11) is 1.23. The highest BCUT2D eigenvalue weighted by Crippen LogP contribution is 2.06. The second-order valence-electron chi connectivity index (χ2n) is 5.02. The number of methoxy groups -OCH3 is 1. The average molecular weight is 354 g/mol. The molecule has 26 heavy (non-hydrogen) atoms. The van der Waals surface area contributed by atoms with Crippen molar-refractivity contribution in [1.29, 1.82) is 0 Å². The van der Waals surface area contributed by atoms with Crippen LogP contribution >= 0.6 is 0 Å². The number of nitrogen functional groups attached to an aromatic ring is 1. The Bertz CT molecular complexity index is 828. The van der Waals surface area contributed by atoms with Crippen LogP contribution in [0.3, 0.4) is 0 Å². The molecule has 0 saturated carbocycles. The van der Waals surface area contributed by atoms with Crippen LogP contribution in [0.4, 0.5) is 10.6 Å². The van der Waals surface area contributed by atoms with Crippen molar-refractivity contribution in [2.24, 2.45) is 0 Å². The van der Waals surface area contributed by atoms with E-state index >= 15 is 0 Å². The highest BCUT2D eigenvalue weighted by molar-refractivity contribution is 5.91. The van der Waals surface area contributed by atoms with Gasteiger partial charge in [-0.3, -0.25) is 0 Å². The van der Waals surface area contributed by atoms with E-state index in [2.05, 4.69) is 31.9 Å². The summed E-state index contributed by atoms with van der Waals surface area (Å²) in [6.45, 7) is 0.516. The number of anilines is 1. The smallest absolute Gasteiger partial charge is 0.407 e. The molecule has 0 atom stereocenters. The monoisotopic (exact) mass is 354 g/mol. The minimum absolute atomic E-state index is 0.0229. The lowest BCUT2D eigenvalue weighted by atomic mass is 10.2. The molecule has 1 aromatic carbocycles. The molecule has 2 rings (SSSR count). The van der Waals surface area contributed by atoms with Crippen molar-refractivity contribution in [1.82, 2.24) is 15.3 Å². The molecule has 0 radical (unpaired) electrons. The molecule has 134 valence electrons. The quantitative estimate of drug-likeness (QED) is 0.475. The highest BCUT2D eigenvalue weighted by atomic mass is 16.5. The average Bonchev–Trinajstić information content (AvgIpc) is 2.67. The van der Waals surface area contributed by atoms with Gasteiger partial charge in [-0.25, -0.2) is 19.6 Å². The fraction of sp³-hybridized carbons (Fsp3) is 0.222. The molecule has 8 nitrogen and oxygen atoms in total. The first kappa shape index (κ1) is 18.7. The topological polar surface area (TPSA) is 116 Å². The van der Waals surface area contributed by atoms with Crippen LogP contribution in [0.5, 0.6) is 0 Å². The Kier molecular flexibility index (Phi) is 6.94. The number of rotatable bonds is 5. The number of nitrogens with one attached hydrogen (secondary N) is 1. The molecular weight excluding hydrogens is 336 g/mol. The first-order chi connectivity index (χ1) is 12.6. The normalized spacial score (nSPS) is 9.58. The summed E-state index contributed by atoms with van der Waals surface area (Å²) in [5.74, 6) is 4.86. The van der Waals surface area contributed by atoms with Crippen molar-refractivity contribution in [3.05, 3.63) is 53.5 Å². The first-order valence-electron chi connectivity index (χ1n) is 7.74. The second kappa shape index (κ2) is 9.64. The van der Waals surface area contributed by atoms with Gasteiger partial charge in [0.1, 0.15) is 12.3 Å². The number of aromatic nitrogens is 2. The predicted molar refractivity (Wildman–Crippen MR) is 93.9 cm³/mol. The Labute approximate surface area is 150 Å². The molecule has 0 aliphatic carbocycles. The van der Waals surface area contributed by atoms with Crippen LogP contribution in [0.15, 0.2) is 36.5 Å². The van der Waals surface area contributed by atoms with Gasteiger partial charge >= 0.3 is 12.1 Å². The predicted octanol–water partition coefficient (Wildman–Crippen LogP) is 1.51. The lowest BCUT2D eigenvalue weighted by Gasteiger charge is -2.05. The summed E-state index contributed by atoms with van der Waals surface area (Å²) in [5.41, 5.74) is 6.67. The highest BCUT2D eigenvalue weighted by Gasteiger charge is 2.13. The molecule has 0 bridgehead atoms. The zero-order chi connectivity index (χ0) is 18.8. The van der Waals surface area contributed by atoms with E-state index in [1.54, 1.807) is 0 Å². The van der Waals surface area contributed by atoms with Gasteiger partial charge in [-0.1, -0.05) is 36.3 Å². The number of alkyl carbamates (subject to hydrolysis) is 1. The summed E-state index contributed by atoms with van der Waals surface area (Å²) in [4.78, 5) is 30.9. The molecule has 0 aliphatic heterocycles. The molecular formula is C18H18N4O4. The largest absolute Gasteiger partial charge is 0.464 e. The Morgan fingerprint density at radius 2 is 2.04 bits per heavy atom. The molecule has 0 unspecified atom stereocenters. The fourth-order valence-corrected chi connectivity index (χ4v) is 1.86. The summed E-state index contributed by atoms with van der Waals surface area (Å²) >= 11 is 0. The molecule has 0 fully saturated rings. The van der Waals surface area contributed by atoms with Crippen LogP contribution in [0, 0.1) is 11.8 Å². The van der Waals surface area contributed by atoms with Crippen LogP contribution in [0.2, 0.25) is 0 Å². The van der Waals surface area contributed by atoms with E-state index in [0.29, 0.717) is 13.0 Å². The van der Waals surface area contributed by atoms with E-state index in [4.69, 9.17) is 10.5 Å². The van der Waals surface area contributed by atoms with Gasteiger partial charge in [-0.15, -0.1) is 0 Å². The van der Waals surface area contributed by atoms with Crippen molar-refractivity contribution in [2.75, 3.05) is 19.4 Å². The van der Waals surface area contributed by atoms with Crippen molar-refractivity contribution in [3.63, 3.8) is 0 Å². The van der Waals surface area contributed by atoms with E-state index in [1.165, 1.54) is 13.3 Å². The van der Waals surface area contributed by atoms with Gasteiger partial charge < -0.3 is 20.5 Å². The molecule has 1 heterocycles. The molecule has 2 aromatic rings. The SMILES string of the molecule is COC(=O)c1nc(C#CCCNC(=O)OCc2ccccc2)cnc1N. The summed E-state index contributed by atoms with van der Waals surface area (Å²) in [6, 6.07) is 9.38. The van der Waals surface area contributed by atoms with Crippen molar-refractivity contribution in [3.8, 4) is 11.8 Å². The minimum Gasteiger partial charge on any atom is -0.464 e. The Hall–Kier alpha value is -3.60. The van der Waals surface area contributed by atoms with Gasteiger partial charge in [0.15, 0.2) is 11.5 Å². The third-order valence-corrected chi connectivity index (χ3v) is 3.13. The minimum atomic E-state index is -0.679. The van der Waals surface area contributed by atoms with Crippen molar-refractivity contribution in [2.45, 2.75) is 13.0 Å². The zero-order valence-corrected chi connectivity index (χ0v) is 14.2. The third kappa shape index (κ3) is 5.79. The summed E-state index contributed by atoms with van der Waals surface area (Å²) < 4.78 is 9.64. The number of carbonyl (C=O) groups is 2. The van der Waals surface area contributed by atoms with Gasteiger partial charge in [0, 0.05) is 13.0 Å². The fourth-order valence-electron chi connectivity index (χ4n) is 1.86.